The molecule has 1 heterocycles. The van der Waals surface area contributed by atoms with Crippen LogP contribution in [0.2, 0.25) is 5.02 Å². The third-order valence-corrected chi connectivity index (χ3v) is 6.48. The van der Waals surface area contributed by atoms with E-state index in [-0.39, 0.29) is 12.2 Å². The van der Waals surface area contributed by atoms with Gasteiger partial charge in [-0.1, -0.05) is 66.5 Å². The quantitative estimate of drug-likeness (QED) is 0.229. The Morgan fingerprint density at radius 1 is 1.05 bits per heavy atom. The van der Waals surface area contributed by atoms with Crippen molar-refractivity contribution < 1.29 is 14.2 Å². The summed E-state index contributed by atoms with van der Waals surface area (Å²) < 4.78 is 19.3. The van der Waals surface area contributed by atoms with Crippen molar-refractivity contribution in [2.75, 3.05) is 14.2 Å². The van der Waals surface area contributed by atoms with Crippen LogP contribution in [0.1, 0.15) is 37.7 Å². The number of hydrogen-bond acceptors (Lipinski definition) is 6. The Kier molecular flexibility index (Phi) is 7.90. The van der Waals surface area contributed by atoms with Crippen molar-refractivity contribution in [3.63, 3.8) is 0 Å². The van der Waals surface area contributed by atoms with Crippen LogP contribution < -0.4 is 19.8 Å². The molecule has 1 aromatic heterocycles. The summed E-state index contributed by atoms with van der Waals surface area (Å²) in [4.78, 5) is 18.2. The highest BCUT2D eigenvalue weighted by molar-refractivity contribution is 9.10. The van der Waals surface area contributed by atoms with Gasteiger partial charge in [0.1, 0.15) is 12.4 Å². The minimum absolute atomic E-state index is 0.239. The molecule has 0 aliphatic rings. The Bertz CT molecular complexity index is 1520. The van der Waals surface area contributed by atoms with E-state index in [0.717, 1.165) is 10.0 Å². The van der Waals surface area contributed by atoms with Crippen molar-refractivity contribution in [3.8, 4) is 17.2 Å². The largest absolute Gasteiger partial charge is 0.493 e. The molecular weight excluding hydrogens is 558 g/mol. The predicted octanol–water partition coefficient (Wildman–Crippen LogP) is 6.59. The fourth-order valence-corrected chi connectivity index (χ4v) is 4.30. The lowest BCUT2D eigenvalue weighted by atomic mass is 9.95. The Hall–Kier alpha value is -3.36. The number of nitrogens with zero attached hydrogens (tertiary/aromatic N) is 3. The lowest BCUT2D eigenvalue weighted by Gasteiger charge is -2.21. The van der Waals surface area contributed by atoms with E-state index >= 15 is 0 Å². The van der Waals surface area contributed by atoms with Crippen molar-refractivity contribution >= 4 is 44.6 Å². The molecule has 7 nitrogen and oxygen atoms in total. The van der Waals surface area contributed by atoms with E-state index in [4.69, 9.17) is 30.8 Å². The van der Waals surface area contributed by atoms with E-state index < -0.39 is 5.41 Å². The van der Waals surface area contributed by atoms with Crippen molar-refractivity contribution in [2.45, 2.75) is 32.8 Å². The number of benzene rings is 3. The average Bonchev–Trinajstić information content (AvgIpc) is 2.87. The monoisotopic (exact) mass is 583 g/mol. The van der Waals surface area contributed by atoms with E-state index in [2.05, 4.69) is 21.0 Å². The third kappa shape index (κ3) is 5.81. The summed E-state index contributed by atoms with van der Waals surface area (Å²) >= 11 is 9.70. The Balaban J connectivity index is 1.75. The van der Waals surface area contributed by atoms with Gasteiger partial charge in [0.05, 0.1) is 31.3 Å². The number of rotatable bonds is 7. The minimum atomic E-state index is -0.427. The molecule has 4 aromatic rings. The summed E-state index contributed by atoms with van der Waals surface area (Å²) in [5.74, 6) is 1.89. The number of ether oxygens (including phenoxy) is 3. The highest BCUT2D eigenvalue weighted by Gasteiger charge is 2.23. The first kappa shape index (κ1) is 26.7. The molecule has 0 saturated carbocycles. The second-order valence-corrected chi connectivity index (χ2v) is 10.7. The van der Waals surface area contributed by atoms with Crippen molar-refractivity contribution in [3.05, 3.63) is 91.4 Å². The average molecular weight is 585 g/mol. The summed E-state index contributed by atoms with van der Waals surface area (Å²) in [6, 6.07) is 16.4. The molecule has 0 amide bonds. The number of aromatic nitrogens is 2. The molecule has 0 aliphatic carbocycles. The van der Waals surface area contributed by atoms with Crippen molar-refractivity contribution in [2.24, 2.45) is 5.10 Å². The lowest BCUT2D eigenvalue weighted by molar-refractivity contribution is 0.266. The second kappa shape index (κ2) is 10.9. The molecule has 0 radical (unpaired) electrons. The molecule has 0 atom stereocenters. The standard InChI is InChI=1S/C28H27BrClN3O4/c1-28(2,3)27-32-22-11-10-19(29)14-20(22)26(34)33(27)31-15-17-12-23(35-4)25(24(13-17)36-5)37-16-18-8-6-7-9-21(18)30/h6-15H,16H2,1-5H3. The van der Waals surface area contributed by atoms with Crippen LogP contribution in [-0.4, -0.2) is 30.1 Å². The van der Waals surface area contributed by atoms with Crippen LogP contribution >= 0.6 is 27.5 Å². The maximum absolute atomic E-state index is 13.4. The fourth-order valence-electron chi connectivity index (χ4n) is 3.75. The molecule has 0 bridgehead atoms. The topological polar surface area (TPSA) is 74.9 Å². The van der Waals surface area contributed by atoms with E-state index in [9.17, 15) is 4.79 Å². The number of fused-ring (bicyclic) bond motifs is 1. The van der Waals surface area contributed by atoms with Gasteiger partial charge in [0.15, 0.2) is 11.5 Å². The Labute approximate surface area is 228 Å². The summed E-state index contributed by atoms with van der Waals surface area (Å²) in [7, 11) is 3.09. The van der Waals surface area contributed by atoms with Gasteiger partial charge >= 0.3 is 0 Å². The molecular formula is C28H27BrClN3O4. The highest BCUT2D eigenvalue weighted by atomic mass is 79.9. The smallest absolute Gasteiger partial charge is 0.282 e. The number of halogens is 2. The Morgan fingerprint density at radius 2 is 1.73 bits per heavy atom. The predicted molar refractivity (Wildman–Crippen MR) is 151 cm³/mol. The molecule has 0 unspecified atom stereocenters. The first-order chi connectivity index (χ1) is 17.6. The first-order valence-corrected chi connectivity index (χ1v) is 12.7. The minimum Gasteiger partial charge on any atom is -0.493 e. The third-order valence-electron chi connectivity index (χ3n) is 5.61. The maximum atomic E-state index is 13.4. The number of hydrogen-bond donors (Lipinski definition) is 0. The summed E-state index contributed by atoms with van der Waals surface area (Å²) in [6.45, 7) is 6.20. The SMILES string of the molecule is COc1cc(C=Nn2c(C(C)(C)C)nc3ccc(Br)cc3c2=O)cc(OC)c1OCc1ccccc1Cl. The summed E-state index contributed by atoms with van der Waals surface area (Å²) in [5.41, 5.74) is 1.42. The van der Waals surface area contributed by atoms with Crippen LogP contribution in [0.5, 0.6) is 17.2 Å². The van der Waals surface area contributed by atoms with Crippen LogP contribution in [-0.2, 0) is 12.0 Å². The lowest BCUT2D eigenvalue weighted by Crippen LogP contribution is -2.29. The molecule has 4 rings (SSSR count). The summed E-state index contributed by atoms with van der Waals surface area (Å²) in [6.07, 6.45) is 1.57. The first-order valence-electron chi connectivity index (χ1n) is 11.5. The highest BCUT2D eigenvalue weighted by Crippen LogP contribution is 2.39. The molecule has 192 valence electrons. The van der Waals surface area contributed by atoms with Gasteiger partial charge in [-0.15, -0.1) is 0 Å². The van der Waals surface area contributed by atoms with Crippen LogP contribution in [0.15, 0.2) is 69.0 Å². The molecule has 0 spiro atoms. The molecule has 0 saturated heterocycles. The molecule has 9 heteroatoms. The normalized spacial score (nSPS) is 11.8. The van der Waals surface area contributed by atoms with Gasteiger partial charge in [-0.25, -0.2) is 4.98 Å². The van der Waals surface area contributed by atoms with Crippen molar-refractivity contribution in [1.82, 2.24) is 9.66 Å². The molecule has 0 N–H and O–H groups in total. The Morgan fingerprint density at radius 3 is 2.35 bits per heavy atom. The van der Waals surface area contributed by atoms with E-state index in [0.29, 0.717) is 44.6 Å². The molecule has 0 fully saturated rings. The molecule has 0 aliphatic heterocycles. The van der Waals surface area contributed by atoms with Gasteiger partial charge in [-0.05, 0) is 36.4 Å². The zero-order chi connectivity index (χ0) is 26.7. The molecule has 3 aromatic carbocycles. The van der Waals surface area contributed by atoms with Gasteiger partial charge in [-0.3, -0.25) is 4.79 Å². The second-order valence-electron chi connectivity index (χ2n) is 9.34. The zero-order valence-electron chi connectivity index (χ0n) is 21.2. The van der Waals surface area contributed by atoms with E-state index in [1.807, 2.05) is 57.2 Å². The van der Waals surface area contributed by atoms with E-state index in [1.165, 1.54) is 4.68 Å². The van der Waals surface area contributed by atoms with Gasteiger partial charge in [-0.2, -0.15) is 9.78 Å². The van der Waals surface area contributed by atoms with Crippen LogP contribution in [0.3, 0.4) is 0 Å². The van der Waals surface area contributed by atoms with Gasteiger partial charge in [0, 0.05) is 26.0 Å². The zero-order valence-corrected chi connectivity index (χ0v) is 23.6. The maximum Gasteiger partial charge on any atom is 0.282 e. The molecule has 37 heavy (non-hydrogen) atoms. The van der Waals surface area contributed by atoms with Crippen molar-refractivity contribution in [1.29, 1.82) is 0 Å². The van der Waals surface area contributed by atoms with Crippen LogP contribution in [0, 0.1) is 0 Å². The van der Waals surface area contributed by atoms with Crippen LogP contribution in [0.4, 0.5) is 0 Å². The number of methoxy groups -OCH3 is 2. The van der Waals surface area contributed by atoms with Gasteiger partial charge in [0.25, 0.3) is 5.56 Å². The van der Waals surface area contributed by atoms with E-state index in [1.54, 1.807) is 38.6 Å². The summed E-state index contributed by atoms with van der Waals surface area (Å²) in [5, 5.41) is 5.62. The van der Waals surface area contributed by atoms with Gasteiger partial charge in [0.2, 0.25) is 5.75 Å². The van der Waals surface area contributed by atoms with Gasteiger partial charge < -0.3 is 14.2 Å². The van der Waals surface area contributed by atoms with Crippen LogP contribution in [0.25, 0.3) is 10.9 Å². The fraction of sp³-hybridized carbons (Fsp3) is 0.250.